The second-order valence-corrected chi connectivity index (χ2v) is 7.26. The minimum absolute atomic E-state index is 0. The number of halogens is 1. The first-order chi connectivity index (χ1) is 13.4. The molecule has 0 aliphatic carbocycles. The summed E-state index contributed by atoms with van der Waals surface area (Å²) in [5.41, 5.74) is 2.49. The Morgan fingerprint density at radius 1 is 0.967 bits per heavy atom. The summed E-state index contributed by atoms with van der Waals surface area (Å²) in [7, 11) is 0. The summed E-state index contributed by atoms with van der Waals surface area (Å²) in [6.07, 6.45) is -5.39. The lowest BCUT2D eigenvalue weighted by atomic mass is 9.90. The zero-order valence-electron chi connectivity index (χ0n) is 16.5. The van der Waals surface area contributed by atoms with Crippen LogP contribution in [0.3, 0.4) is 0 Å². The number of hydrogen-bond acceptors (Lipinski definition) is 6. The van der Waals surface area contributed by atoms with Crippen LogP contribution in [0, 0.1) is 0 Å². The lowest BCUT2D eigenvalue weighted by Gasteiger charge is -2.40. The van der Waals surface area contributed by atoms with Gasteiger partial charge in [0.25, 0.3) is 0 Å². The summed E-state index contributed by atoms with van der Waals surface area (Å²) >= 11 is 6.35. The highest BCUT2D eigenvalue weighted by molar-refractivity contribution is 6.31. The summed E-state index contributed by atoms with van der Waals surface area (Å²) < 4.78 is 11.1. The normalized spacial score (nSPS) is 25.7. The number of ether oxygens (including phenoxy) is 2. The van der Waals surface area contributed by atoms with E-state index in [-0.39, 0.29) is 11.0 Å². The van der Waals surface area contributed by atoms with Crippen LogP contribution in [0.25, 0.3) is 0 Å². The van der Waals surface area contributed by atoms with E-state index >= 15 is 0 Å². The Hall–Kier alpha value is -1.75. The molecule has 30 heavy (non-hydrogen) atoms. The largest absolute Gasteiger partial charge is 0.494 e. The zero-order chi connectivity index (χ0) is 20.3. The Labute approximate surface area is 179 Å². The van der Waals surface area contributed by atoms with Crippen molar-refractivity contribution >= 4 is 11.6 Å². The molecule has 2 aromatic rings. The lowest BCUT2D eigenvalue weighted by Crippen LogP contribution is -2.55. The minimum atomic E-state index is -1.42. The molecule has 0 unspecified atom stereocenters. The Morgan fingerprint density at radius 2 is 1.63 bits per heavy atom. The fourth-order valence-electron chi connectivity index (χ4n) is 3.37. The molecule has 1 saturated heterocycles. The summed E-state index contributed by atoms with van der Waals surface area (Å²) in [6.45, 7) is 2.07. The van der Waals surface area contributed by atoms with Crippen LogP contribution in [0.1, 0.15) is 29.7 Å². The van der Waals surface area contributed by atoms with Crippen LogP contribution in [-0.4, -0.2) is 69.0 Å². The van der Waals surface area contributed by atoms with Crippen LogP contribution in [0.5, 0.6) is 5.75 Å². The van der Waals surface area contributed by atoms with Gasteiger partial charge in [0, 0.05) is 5.02 Å². The molecule has 8 nitrogen and oxygen atoms in total. The van der Waals surface area contributed by atoms with E-state index in [4.69, 9.17) is 21.1 Å². The van der Waals surface area contributed by atoms with Crippen molar-refractivity contribution < 1.29 is 40.9 Å². The maximum atomic E-state index is 10.3. The first-order valence-corrected chi connectivity index (χ1v) is 9.63. The monoisotopic (exact) mass is 444 g/mol. The molecule has 0 saturated carbocycles. The van der Waals surface area contributed by atoms with Crippen molar-refractivity contribution in [1.82, 2.24) is 0 Å². The van der Waals surface area contributed by atoms with Crippen molar-refractivity contribution in [2.24, 2.45) is 0 Å². The average molecular weight is 445 g/mol. The Kier molecular flexibility index (Phi) is 10.2. The maximum absolute atomic E-state index is 10.3. The molecule has 1 heterocycles. The van der Waals surface area contributed by atoms with Crippen molar-refractivity contribution in [3.8, 4) is 5.75 Å². The molecular formula is C21H29ClO8. The second kappa shape index (κ2) is 11.6. The van der Waals surface area contributed by atoms with Gasteiger partial charge in [-0.1, -0.05) is 35.9 Å². The molecule has 0 amide bonds. The van der Waals surface area contributed by atoms with Crippen LogP contribution >= 0.6 is 11.6 Å². The molecule has 8 N–H and O–H groups in total. The van der Waals surface area contributed by atoms with Gasteiger partial charge >= 0.3 is 0 Å². The molecule has 2 aromatic carbocycles. The molecule has 0 bridgehead atoms. The lowest BCUT2D eigenvalue weighted by molar-refractivity contribution is -0.231. The molecule has 0 spiro atoms. The first-order valence-electron chi connectivity index (χ1n) is 9.25. The third-order valence-corrected chi connectivity index (χ3v) is 5.29. The standard InChI is InChI=1S/C21H25ClO6.2H2O/c1-2-27-15-6-3-12(4-7-15)9-14-10-13(5-8-16(14)22)21-20(26)19(25)18(24)17(11-23)28-21;;/h3-8,10,17-21,23-26H,2,9,11H2,1H3;2*1H2/t17-,18-,19+,20-,21+;;/m1../s1. The van der Waals surface area contributed by atoms with Gasteiger partial charge in [0.15, 0.2) is 0 Å². The topological polar surface area (TPSA) is 162 Å². The summed E-state index contributed by atoms with van der Waals surface area (Å²) in [6, 6.07) is 12.9. The summed E-state index contributed by atoms with van der Waals surface area (Å²) in [5.74, 6) is 0.799. The van der Waals surface area contributed by atoms with Crippen molar-refractivity contribution in [3.05, 3.63) is 64.2 Å². The third kappa shape index (κ3) is 5.69. The van der Waals surface area contributed by atoms with E-state index in [9.17, 15) is 20.4 Å². The van der Waals surface area contributed by atoms with Gasteiger partial charge in [-0.2, -0.15) is 0 Å². The van der Waals surface area contributed by atoms with Crippen LogP contribution < -0.4 is 4.74 Å². The third-order valence-electron chi connectivity index (χ3n) is 4.92. The molecule has 1 fully saturated rings. The molecular weight excluding hydrogens is 416 g/mol. The van der Waals surface area contributed by atoms with E-state index in [1.165, 1.54) is 0 Å². The fraction of sp³-hybridized carbons (Fsp3) is 0.429. The van der Waals surface area contributed by atoms with Gasteiger partial charge in [-0.3, -0.25) is 0 Å². The molecule has 1 aliphatic heterocycles. The fourth-order valence-corrected chi connectivity index (χ4v) is 3.56. The number of aliphatic hydroxyl groups is 4. The first kappa shape index (κ1) is 26.3. The smallest absolute Gasteiger partial charge is 0.119 e. The van der Waals surface area contributed by atoms with E-state index in [1.807, 2.05) is 37.3 Å². The highest BCUT2D eigenvalue weighted by Crippen LogP contribution is 2.34. The maximum Gasteiger partial charge on any atom is 0.119 e. The molecule has 1 aliphatic rings. The average Bonchev–Trinajstić information content (AvgIpc) is 2.70. The number of rotatable bonds is 6. The molecule has 168 valence electrons. The minimum Gasteiger partial charge on any atom is -0.494 e. The van der Waals surface area contributed by atoms with Crippen molar-refractivity contribution in [3.63, 3.8) is 0 Å². The van der Waals surface area contributed by atoms with Gasteiger partial charge in [-0.15, -0.1) is 0 Å². The number of benzene rings is 2. The van der Waals surface area contributed by atoms with Crippen LogP contribution in [0.15, 0.2) is 42.5 Å². The van der Waals surface area contributed by atoms with E-state index in [2.05, 4.69) is 0 Å². The predicted octanol–water partition coefficient (Wildman–Crippen LogP) is 0.195. The molecule has 0 aromatic heterocycles. The van der Waals surface area contributed by atoms with Crippen LogP contribution in [0.2, 0.25) is 5.02 Å². The Bertz CT molecular complexity index is 783. The van der Waals surface area contributed by atoms with Gasteiger partial charge in [0.2, 0.25) is 0 Å². The summed E-state index contributed by atoms with van der Waals surface area (Å²) in [5, 5.41) is 40.3. The summed E-state index contributed by atoms with van der Waals surface area (Å²) in [4.78, 5) is 0. The van der Waals surface area contributed by atoms with E-state index < -0.39 is 37.1 Å². The van der Waals surface area contributed by atoms with Gasteiger partial charge in [0.1, 0.15) is 36.3 Å². The van der Waals surface area contributed by atoms with Crippen molar-refractivity contribution in [2.45, 2.75) is 43.9 Å². The van der Waals surface area contributed by atoms with Crippen LogP contribution in [0.4, 0.5) is 0 Å². The Balaban J connectivity index is 0.00000225. The molecule has 3 rings (SSSR count). The van der Waals surface area contributed by atoms with E-state index in [0.717, 1.165) is 16.9 Å². The SMILES string of the molecule is CCOc1ccc(Cc2cc([C@@H]3O[C@H](CO)[C@@H](O)[C@H](O)[C@H]3O)ccc2Cl)cc1.O.O. The molecule has 0 radical (unpaired) electrons. The van der Waals surface area contributed by atoms with Crippen LogP contribution in [-0.2, 0) is 11.2 Å². The van der Waals surface area contributed by atoms with Gasteiger partial charge in [0.05, 0.1) is 13.2 Å². The molecule has 5 atom stereocenters. The van der Waals surface area contributed by atoms with Crippen molar-refractivity contribution in [2.75, 3.05) is 13.2 Å². The number of aliphatic hydroxyl groups excluding tert-OH is 4. The number of hydrogen-bond donors (Lipinski definition) is 4. The highest BCUT2D eigenvalue weighted by atomic mass is 35.5. The Morgan fingerprint density at radius 3 is 2.23 bits per heavy atom. The van der Waals surface area contributed by atoms with Gasteiger partial charge in [-0.25, -0.2) is 0 Å². The predicted molar refractivity (Wildman–Crippen MR) is 112 cm³/mol. The zero-order valence-corrected chi connectivity index (χ0v) is 17.3. The van der Waals surface area contributed by atoms with E-state index in [0.29, 0.717) is 23.6 Å². The second-order valence-electron chi connectivity index (χ2n) is 6.85. The van der Waals surface area contributed by atoms with E-state index in [1.54, 1.807) is 12.1 Å². The van der Waals surface area contributed by atoms with Gasteiger partial charge in [-0.05, 0) is 48.2 Å². The van der Waals surface area contributed by atoms with Crippen molar-refractivity contribution in [1.29, 1.82) is 0 Å². The highest BCUT2D eigenvalue weighted by Gasteiger charge is 2.43. The quantitative estimate of drug-likeness (QED) is 0.497. The molecule has 9 heteroatoms. The van der Waals surface area contributed by atoms with Gasteiger partial charge < -0.3 is 40.9 Å².